The van der Waals surface area contributed by atoms with Crippen molar-refractivity contribution in [2.24, 2.45) is 0 Å². The quantitative estimate of drug-likeness (QED) is 0.609. The van der Waals surface area contributed by atoms with Crippen molar-refractivity contribution in [3.63, 3.8) is 0 Å². The Morgan fingerprint density at radius 2 is 1.97 bits per heavy atom. The molecule has 2 atom stereocenters. The van der Waals surface area contributed by atoms with E-state index in [1.807, 2.05) is 48.5 Å². The van der Waals surface area contributed by atoms with Gasteiger partial charge in [0, 0.05) is 43.8 Å². The lowest BCUT2D eigenvalue weighted by atomic mass is 10.0. The van der Waals surface area contributed by atoms with Crippen LogP contribution < -0.4 is 14.8 Å². The molecule has 0 bridgehead atoms. The number of hydrogen-bond acceptors (Lipinski definition) is 6. The van der Waals surface area contributed by atoms with Gasteiger partial charge in [-0.3, -0.25) is 14.8 Å². The van der Waals surface area contributed by atoms with Crippen LogP contribution in [0.2, 0.25) is 0 Å². The molecular formula is C23H27N5O3. The molecule has 0 spiro atoms. The summed E-state index contributed by atoms with van der Waals surface area (Å²) in [6.07, 6.45) is 0. The lowest BCUT2D eigenvalue weighted by Crippen LogP contribution is -2.38. The third-order valence-electron chi connectivity index (χ3n) is 5.56. The summed E-state index contributed by atoms with van der Waals surface area (Å²) in [5.74, 6) is 2.94. The van der Waals surface area contributed by atoms with Gasteiger partial charge in [0.1, 0.15) is 17.3 Å². The summed E-state index contributed by atoms with van der Waals surface area (Å²) in [6.45, 7) is 3.69. The molecule has 8 heteroatoms. The molecule has 3 aromatic rings. The maximum atomic E-state index is 11.8. The van der Waals surface area contributed by atoms with Crippen LogP contribution in [0.3, 0.4) is 0 Å². The minimum absolute atomic E-state index is 0.0121. The van der Waals surface area contributed by atoms with Gasteiger partial charge in [-0.25, -0.2) is 4.98 Å². The number of ether oxygens (including phenoxy) is 2. The Morgan fingerprint density at radius 3 is 2.68 bits per heavy atom. The van der Waals surface area contributed by atoms with E-state index in [9.17, 15) is 4.79 Å². The van der Waals surface area contributed by atoms with E-state index in [0.29, 0.717) is 18.9 Å². The van der Waals surface area contributed by atoms with Crippen LogP contribution in [0, 0.1) is 0 Å². The Labute approximate surface area is 181 Å². The van der Waals surface area contributed by atoms with E-state index < -0.39 is 0 Å². The molecule has 8 nitrogen and oxygen atoms in total. The third-order valence-corrected chi connectivity index (χ3v) is 5.56. The second-order valence-corrected chi connectivity index (χ2v) is 7.70. The highest BCUT2D eigenvalue weighted by Gasteiger charge is 2.36. The zero-order valence-corrected chi connectivity index (χ0v) is 18.0. The maximum Gasteiger partial charge on any atom is 0.217 e. The first-order valence-corrected chi connectivity index (χ1v) is 10.3. The molecule has 1 aliphatic heterocycles. The van der Waals surface area contributed by atoms with E-state index in [-0.39, 0.29) is 17.9 Å². The number of H-pyrrole nitrogens is 1. The van der Waals surface area contributed by atoms with E-state index in [4.69, 9.17) is 14.5 Å². The van der Waals surface area contributed by atoms with Crippen molar-refractivity contribution in [2.75, 3.05) is 27.3 Å². The molecule has 1 aliphatic rings. The smallest absolute Gasteiger partial charge is 0.217 e. The molecule has 1 saturated heterocycles. The zero-order valence-electron chi connectivity index (χ0n) is 18.0. The van der Waals surface area contributed by atoms with Crippen molar-refractivity contribution >= 4 is 5.91 Å². The van der Waals surface area contributed by atoms with Crippen molar-refractivity contribution < 1.29 is 14.3 Å². The Balaban J connectivity index is 1.54. The summed E-state index contributed by atoms with van der Waals surface area (Å²) in [6, 6.07) is 15.6. The molecule has 2 heterocycles. The predicted molar refractivity (Wildman–Crippen MR) is 117 cm³/mol. The SMILES string of the molecule is COc1ccc(CN2C[C@@H](NC(C)=O)[C@H](c3nc(-c4ccccc4)n[nH]3)C2)c(OC)c1. The molecule has 2 N–H and O–H groups in total. The first-order valence-electron chi connectivity index (χ1n) is 10.3. The Morgan fingerprint density at radius 1 is 1.16 bits per heavy atom. The first kappa shape index (κ1) is 20.9. The lowest BCUT2D eigenvalue weighted by molar-refractivity contribution is -0.119. The molecule has 0 unspecified atom stereocenters. The molecule has 0 saturated carbocycles. The molecule has 31 heavy (non-hydrogen) atoms. The monoisotopic (exact) mass is 421 g/mol. The second kappa shape index (κ2) is 9.18. The van der Waals surface area contributed by atoms with E-state index in [1.54, 1.807) is 21.1 Å². The van der Waals surface area contributed by atoms with Gasteiger partial charge in [-0.05, 0) is 6.07 Å². The van der Waals surface area contributed by atoms with Crippen LogP contribution in [-0.2, 0) is 11.3 Å². The molecule has 1 fully saturated rings. The lowest BCUT2D eigenvalue weighted by Gasteiger charge is -2.18. The van der Waals surface area contributed by atoms with Crippen LogP contribution in [0.25, 0.3) is 11.4 Å². The van der Waals surface area contributed by atoms with Crippen molar-refractivity contribution in [2.45, 2.75) is 25.4 Å². The van der Waals surface area contributed by atoms with E-state index >= 15 is 0 Å². The zero-order chi connectivity index (χ0) is 21.8. The topological polar surface area (TPSA) is 92.4 Å². The van der Waals surface area contributed by atoms with Gasteiger partial charge < -0.3 is 14.8 Å². The number of nitrogens with zero attached hydrogens (tertiary/aromatic N) is 3. The Hall–Kier alpha value is -3.39. The fourth-order valence-corrected chi connectivity index (χ4v) is 4.08. The number of nitrogens with one attached hydrogen (secondary N) is 2. The van der Waals surface area contributed by atoms with Gasteiger partial charge in [0.05, 0.1) is 26.2 Å². The molecule has 1 aromatic heterocycles. The summed E-state index contributed by atoms with van der Waals surface area (Å²) in [4.78, 5) is 18.9. The van der Waals surface area contributed by atoms with Gasteiger partial charge in [-0.2, -0.15) is 5.10 Å². The highest BCUT2D eigenvalue weighted by Crippen LogP contribution is 2.31. The average Bonchev–Trinajstić information content (AvgIpc) is 3.41. The van der Waals surface area contributed by atoms with Crippen LogP contribution in [-0.4, -0.2) is 59.3 Å². The van der Waals surface area contributed by atoms with Crippen LogP contribution in [0.1, 0.15) is 24.2 Å². The molecule has 162 valence electrons. The summed E-state index contributed by atoms with van der Waals surface area (Å²) < 4.78 is 10.8. The fraction of sp³-hybridized carbons (Fsp3) is 0.348. The maximum absolute atomic E-state index is 11.8. The number of carbonyl (C=O) groups excluding carboxylic acids is 1. The highest BCUT2D eigenvalue weighted by molar-refractivity contribution is 5.73. The minimum Gasteiger partial charge on any atom is -0.497 e. The number of rotatable bonds is 7. The van der Waals surface area contributed by atoms with Crippen molar-refractivity contribution in [3.8, 4) is 22.9 Å². The van der Waals surface area contributed by atoms with Gasteiger partial charge >= 0.3 is 0 Å². The summed E-state index contributed by atoms with van der Waals surface area (Å²) in [5.41, 5.74) is 2.02. The molecular weight excluding hydrogens is 394 g/mol. The van der Waals surface area contributed by atoms with E-state index in [0.717, 1.165) is 35.0 Å². The average molecular weight is 422 g/mol. The molecule has 0 radical (unpaired) electrons. The minimum atomic E-state index is -0.0571. The van der Waals surface area contributed by atoms with Gasteiger partial charge in [-0.1, -0.05) is 36.4 Å². The molecule has 4 rings (SSSR count). The van der Waals surface area contributed by atoms with Crippen molar-refractivity contribution in [3.05, 3.63) is 59.9 Å². The number of hydrogen-bond donors (Lipinski definition) is 2. The van der Waals surface area contributed by atoms with Crippen LogP contribution in [0.4, 0.5) is 0 Å². The normalized spacial score (nSPS) is 18.7. The van der Waals surface area contributed by atoms with Crippen LogP contribution >= 0.6 is 0 Å². The van der Waals surface area contributed by atoms with Crippen molar-refractivity contribution in [1.29, 1.82) is 0 Å². The second-order valence-electron chi connectivity index (χ2n) is 7.70. The Kier molecular flexibility index (Phi) is 6.18. The number of amides is 1. The van der Waals surface area contributed by atoms with Crippen molar-refractivity contribution in [1.82, 2.24) is 25.4 Å². The largest absolute Gasteiger partial charge is 0.497 e. The molecule has 1 amide bonds. The number of carbonyl (C=O) groups is 1. The highest BCUT2D eigenvalue weighted by atomic mass is 16.5. The van der Waals surface area contributed by atoms with Gasteiger partial charge in [0.15, 0.2) is 5.82 Å². The standard InChI is InChI=1S/C23H27N5O3/c1-15(29)24-20-14-28(12-17-9-10-18(30-2)11-21(17)31-3)13-19(20)23-25-22(26-27-23)16-7-5-4-6-8-16/h4-11,19-20H,12-14H2,1-3H3,(H,24,29)(H,25,26,27)/t19-,20-/m1/s1. The van der Waals surface area contributed by atoms with Gasteiger partial charge in [0.2, 0.25) is 5.91 Å². The van der Waals surface area contributed by atoms with Crippen LogP contribution in [0.5, 0.6) is 11.5 Å². The fourth-order valence-electron chi connectivity index (χ4n) is 4.08. The summed E-state index contributed by atoms with van der Waals surface area (Å²) >= 11 is 0. The number of aromatic nitrogens is 3. The van der Waals surface area contributed by atoms with Gasteiger partial charge in [0.25, 0.3) is 0 Å². The summed E-state index contributed by atoms with van der Waals surface area (Å²) in [5, 5.41) is 10.6. The number of aromatic amines is 1. The van der Waals surface area contributed by atoms with E-state index in [1.165, 1.54) is 0 Å². The predicted octanol–water partition coefficient (Wildman–Crippen LogP) is 2.59. The number of likely N-dealkylation sites (tertiary alicyclic amines) is 1. The molecule has 0 aliphatic carbocycles. The van der Waals surface area contributed by atoms with Gasteiger partial charge in [-0.15, -0.1) is 0 Å². The van der Waals surface area contributed by atoms with Crippen LogP contribution in [0.15, 0.2) is 48.5 Å². The third kappa shape index (κ3) is 4.69. The number of benzene rings is 2. The van der Waals surface area contributed by atoms with E-state index in [2.05, 4.69) is 20.4 Å². The number of methoxy groups -OCH3 is 2. The summed E-state index contributed by atoms with van der Waals surface area (Å²) in [7, 11) is 3.30. The first-order chi connectivity index (χ1) is 15.1. The Bertz CT molecular complexity index is 1040. The molecule has 2 aromatic carbocycles.